The Morgan fingerprint density at radius 3 is 0.806 bits per heavy atom. The van der Waals surface area contributed by atoms with E-state index in [1.54, 1.807) is 0 Å². The van der Waals surface area contributed by atoms with Gasteiger partial charge in [-0.1, -0.05) is 0 Å². The number of carboxylic acids is 3. The molecule has 0 aliphatic heterocycles. The van der Waals surface area contributed by atoms with Crippen LogP contribution in [-0.2, 0) is 14.4 Å². The smallest absolute Gasteiger partial charge is 0.336 e. The van der Waals surface area contributed by atoms with Crippen LogP contribution in [0.5, 0.6) is 0 Å². The maximum atomic E-state index is 10.3. The second-order valence-electron chi connectivity index (χ2n) is 7.69. The number of hydrogen-bond acceptors (Lipinski definition) is 4. The van der Waals surface area contributed by atoms with Gasteiger partial charge in [-0.3, -0.25) is 9.59 Å². The van der Waals surface area contributed by atoms with Gasteiger partial charge in [0.25, 0.3) is 0 Å². The molecule has 0 spiro atoms. The van der Waals surface area contributed by atoms with E-state index >= 15 is 0 Å². The maximum Gasteiger partial charge on any atom is 0.336 e. The third-order valence-electron chi connectivity index (χ3n) is 6.65. The summed E-state index contributed by atoms with van der Waals surface area (Å²) in [5, 5.41) is 33.8. The number of carboxylic acid groups (broad SMARTS) is 3. The first kappa shape index (κ1) is 34.8. The summed E-state index contributed by atoms with van der Waals surface area (Å²) in [4.78, 5) is 30.5. The molecule has 0 aromatic heterocycles. The first-order chi connectivity index (χ1) is 14.3. The van der Waals surface area contributed by atoms with E-state index in [2.05, 4.69) is 55.4 Å². The van der Waals surface area contributed by atoms with E-state index < -0.39 is 50.9 Å². The van der Waals surface area contributed by atoms with Crippen LogP contribution in [0.4, 0.5) is 0 Å². The number of carbonyl (C=O) groups is 3. The van der Waals surface area contributed by atoms with E-state index in [0.29, 0.717) is 0 Å². The monoisotopic (exact) mass is 486 g/mol. The van der Waals surface area contributed by atoms with Gasteiger partial charge in [-0.2, -0.15) is 0 Å². The zero-order valence-corrected chi connectivity index (χ0v) is 22.8. The maximum absolute atomic E-state index is 10.3. The molecule has 7 nitrogen and oxygen atoms in total. The summed E-state index contributed by atoms with van der Waals surface area (Å²) >= 11 is 0. The fourth-order valence-corrected chi connectivity index (χ4v) is 8.76. The van der Waals surface area contributed by atoms with Crippen molar-refractivity contribution < 1.29 is 34.8 Å². The molecule has 0 bridgehead atoms. The molecule has 0 atom stereocenters. The highest BCUT2D eigenvalue weighted by molar-refractivity contribution is 7.76. The van der Waals surface area contributed by atoms with Gasteiger partial charge >= 0.3 is 17.9 Å². The summed E-state index contributed by atoms with van der Waals surface area (Å²) in [7, 11) is -0.840. The Bertz CT molecular complexity index is 445. The lowest BCUT2D eigenvalue weighted by Crippen LogP contribution is -2.42. The second-order valence-corrected chi connectivity index (χ2v) is 18.1. The molecule has 0 rings (SSSR count). The first-order valence-corrected chi connectivity index (χ1v) is 16.4. The Kier molecular flexibility index (Phi) is 19.9. The fourth-order valence-electron chi connectivity index (χ4n) is 3.40. The molecule has 186 valence electrons. The van der Waals surface area contributed by atoms with Crippen LogP contribution in [0.25, 0.3) is 0 Å². The fraction of sp³-hybridized carbons (Fsp3) is 0.864. The summed E-state index contributed by atoms with van der Waals surface area (Å²) in [5.41, 5.74) is -2.74. The van der Waals surface area contributed by atoms with Crippen molar-refractivity contribution in [1.29, 1.82) is 0 Å². The Hall–Kier alpha value is -0.770. The Morgan fingerprint density at radius 1 is 0.548 bits per heavy atom. The lowest BCUT2D eigenvalue weighted by molar-refractivity contribution is -0.170. The van der Waals surface area contributed by atoms with E-state index in [4.69, 9.17) is 20.4 Å². The van der Waals surface area contributed by atoms with Crippen LogP contribution in [0.3, 0.4) is 0 Å². The summed E-state index contributed by atoms with van der Waals surface area (Å²) < 4.78 is 0. The van der Waals surface area contributed by atoms with Gasteiger partial charge in [0.1, 0.15) is 0 Å². The molecular formula is C22H48O7P2+2. The minimum absolute atomic E-state index is 0.420. The van der Waals surface area contributed by atoms with Crippen molar-refractivity contribution in [3.8, 4) is 0 Å². The van der Waals surface area contributed by atoms with Gasteiger partial charge in [-0.15, -0.1) is 0 Å². The molecule has 4 N–H and O–H groups in total. The largest absolute Gasteiger partial charge is 0.481 e. The molecule has 0 saturated heterocycles. The van der Waals surface area contributed by atoms with Crippen molar-refractivity contribution in [3.05, 3.63) is 0 Å². The average Bonchev–Trinajstić information content (AvgIpc) is 2.72. The highest BCUT2D eigenvalue weighted by atomic mass is 31.2. The molecule has 0 aromatic carbocycles. The number of rotatable bonds is 13. The van der Waals surface area contributed by atoms with Crippen molar-refractivity contribution in [2.24, 2.45) is 0 Å². The van der Waals surface area contributed by atoms with Crippen molar-refractivity contribution in [1.82, 2.24) is 0 Å². The third kappa shape index (κ3) is 14.1. The van der Waals surface area contributed by atoms with E-state index in [0.717, 1.165) is 0 Å². The van der Waals surface area contributed by atoms with E-state index in [1.807, 2.05) is 0 Å². The van der Waals surface area contributed by atoms with Crippen LogP contribution in [0.1, 0.15) is 68.2 Å². The van der Waals surface area contributed by atoms with Gasteiger partial charge in [-0.05, 0) is 55.4 Å². The molecule has 0 aliphatic rings. The van der Waals surface area contributed by atoms with Crippen molar-refractivity contribution >= 4 is 32.4 Å². The van der Waals surface area contributed by atoms with Crippen LogP contribution in [0.15, 0.2) is 0 Å². The molecule has 0 unspecified atom stereocenters. The Morgan fingerprint density at radius 2 is 0.742 bits per heavy atom. The van der Waals surface area contributed by atoms with Gasteiger partial charge in [0, 0.05) is 14.5 Å². The molecule has 0 fully saturated rings. The molecule has 0 radical (unpaired) electrons. The second kappa shape index (κ2) is 17.7. The van der Waals surface area contributed by atoms with Crippen LogP contribution >= 0.6 is 14.5 Å². The molecular weight excluding hydrogens is 438 g/mol. The van der Waals surface area contributed by atoms with Gasteiger partial charge in [-0.25, -0.2) is 4.79 Å². The van der Waals surface area contributed by atoms with E-state index in [1.165, 1.54) is 49.3 Å². The molecule has 9 heteroatoms. The minimum atomic E-state index is -2.74. The van der Waals surface area contributed by atoms with E-state index in [-0.39, 0.29) is 0 Å². The minimum Gasteiger partial charge on any atom is -0.481 e. The number of aliphatic hydroxyl groups is 1. The van der Waals surface area contributed by atoms with Crippen molar-refractivity contribution in [2.75, 3.05) is 49.3 Å². The Balaban J connectivity index is -0.000000390. The van der Waals surface area contributed by atoms with Crippen LogP contribution in [0, 0.1) is 0 Å². The van der Waals surface area contributed by atoms with Crippen LogP contribution < -0.4 is 0 Å². The number of aliphatic carboxylic acids is 3. The zero-order chi connectivity index (χ0) is 25.3. The highest BCUT2D eigenvalue weighted by Gasteiger charge is 2.40. The summed E-state index contributed by atoms with van der Waals surface area (Å²) in [6, 6.07) is 0. The topological polar surface area (TPSA) is 132 Å². The van der Waals surface area contributed by atoms with E-state index in [9.17, 15) is 14.4 Å². The lowest BCUT2D eigenvalue weighted by atomic mass is 9.96. The van der Waals surface area contributed by atoms with Crippen LogP contribution in [0.2, 0.25) is 0 Å². The summed E-state index contributed by atoms with van der Waals surface area (Å²) in [6.07, 6.45) is 9.35. The zero-order valence-electron chi connectivity index (χ0n) is 21.0. The molecule has 0 aliphatic carbocycles. The SMILES string of the molecule is CC[P+](CC)(CC)CC.CC[P+](CC)(CC)CC.O=C(O)CC(O)(CC(=O)O)C(=O)O. The predicted octanol–water partition coefficient (Wildman–Crippen LogP) is 4.92. The van der Waals surface area contributed by atoms with Gasteiger partial charge in [0.05, 0.1) is 62.1 Å². The molecule has 0 heterocycles. The van der Waals surface area contributed by atoms with Gasteiger partial charge in [0.15, 0.2) is 5.60 Å². The normalized spacial score (nSPS) is 11.5. The van der Waals surface area contributed by atoms with Crippen molar-refractivity contribution in [3.63, 3.8) is 0 Å². The van der Waals surface area contributed by atoms with Gasteiger partial charge in [0.2, 0.25) is 0 Å². The highest BCUT2D eigenvalue weighted by Crippen LogP contribution is 2.57. The molecule has 0 saturated carbocycles. The molecule has 0 amide bonds. The summed E-state index contributed by atoms with van der Waals surface area (Å²) in [6.45, 7) is 18.8. The van der Waals surface area contributed by atoms with Crippen LogP contribution in [-0.4, -0.2) is 93.2 Å². The molecule has 0 aromatic rings. The lowest BCUT2D eigenvalue weighted by Gasteiger charge is -2.20. The third-order valence-corrected chi connectivity index (χ3v) is 17.4. The van der Waals surface area contributed by atoms with Crippen molar-refractivity contribution in [2.45, 2.75) is 73.8 Å². The standard InChI is InChI=1S/2C8H20P.C6H8O7/c2*1-5-9(6-2,7-3)8-4;7-3(8)1-6(13,5(11)12)2-4(9)10/h2*5-8H2,1-4H3;13H,1-2H2,(H,7,8)(H,9,10)(H,11,12)/q2*+1;. The summed E-state index contributed by atoms with van der Waals surface area (Å²) in [5.74, 6) is -5.02. The van der Waals surface area contributed by atoms with Gasteiger partial charge < -0.3 is 20.4 Å². The Labute approximate surface area is 190 Å². The molecule has 31 heavy (non-hydrogen) atoms. The number of hydrogen-bond donors (Lipinski definition) is 4. The quantitative estimate of drug-likeness (QED) is 0.272. The predicted molar refractivity (Wildman–Crippen MR) is 135 cm³/mol. The first-order valence-electron chi connectivity index (χ1n) is 11.4. The average molecular weight is 487 g/mol.